The molecule has 0 amide bonds. The summed E-state index contributed by atoms with van der Waals surface area (Å²) in [5.41, 5.74) is 2.11. The molecule has 1 aromatic carbocycles. The molecule has 108 valence electrons. The molecule has 0 bridgehead atoms. The Kier molecular flexibility index (Phi) is 5.59. The van der Waals surface area contributed by atoms with Crippen molar-refractivity contribution in [2.75, 3.05) is 26.8 Å². The van der Waals surface area contributed by atoms with Gasteiger partial charge in [-0.2, -0.15) is 0 Å². The smallest absolute Gasteiger partial charge is 0.196 e. The number of aromatic nitrogens is 1. The van der Waals surface area contributed by atoms with Crippen LogP contribution in [0.2, 0.25) is 5.02 Å². The van der Waals surface area contributed by atoms with Gasteiger partial charge in [0.15, 0.2) is 11.7 Å². The molecule has 0 radical (unpaired) electrons. The molecule has 0 aliphatic carbocycles. The number of methoxy groups -OCH3 is 1. The maximum atomic E-state index is 5.96. The van der Waals surface area contributed by atoms with Crippen molar-refractivity contribution >= 4 is 11.6 Å². The van der Waals surface area contributed by atoms with Crippen molar-refractivity contribution in [1.29, 1.82) is 0 Å². The molecule has 2 aromatic rings. The van der Waals surface area contributed by atoms with Crippen LogP contribution in [0.25, 0.3) is 11.3 Å². The number of ether oxygens (including phenoxy) is 1. The van der Waals surface area contributed by atoms with E-state index < -0.39 is 0 Å². The van der Waals surface area contributed by atoms with Gasteiger partial charge in [-0.05, 0) is 30.7 Å². The number of oxazole rings is 1. The van der Waals surface area contributed by atoms with Crippen molar-refractivity contribution in [2.24, 2.45) is 0 Å². The van der Waals surface area contributed by atoms with Crippen LogP contribution in [-0.2, 0) is 11.2 Å². The molecule has 4 nitrogen and oxygen atoms in total. The van der Waals surface area contributed by atoms with Gasteiger partial charge in [0.25, 0.3) is 0 Å². The van der Waals surface area contributed by atoms with Gasteiger partial charge >= 0.3 is 0 Å². The Bertz CT molecular complexity index is 555. The molecule has 20 heavy (non-hydrogen) atoms. The van der Waals surface area contributed by atoms with Crippen molar-refractivity contribution in [3.05, 3.63) is 40.9 Å². The van der Waals surface area contributed by atoms with Gasteiger partial charge < -0.3 is 14.5 Å². The van der Waals surface area contributed by atoms with E-state index >= 15 is 0 Å². The van der Waals surface area contributed by atoms with Crippen molar-refractivity contribution in [1.82, 2.24) is 10.3 Å². The lowest BCUT2D eigenvalue weighted by Crippen LogP contribution is -2.21. The summed E-state index contributed by atoms with van der Waals surface area (Å²) in [6.45, 7) is 4.37. The van der Waals surface area contributed by atoms with Gasteiger partial charge in [-0.15, -0.1) is 0 Å². The molecule has 1 aromatic heterocycles. The van der Waals surface area contributed by atoms with Gasteiger partial charge in [0.05, 0.1) is 12.8 Å². The predicted molar refractivity (Wildman–Crippen MR) is 80.1 cm³/mol. The van der Waals surface area contributed by atoms with Gasteiger partial charge in [0, 0.05) is 37.2 Å². The number of halogens is 1. The Morgan fingerprint density at radius 1 is 1.35 bits per heavy atom. The first-order valence-electron chi connectivity index (χ1n) is 6.61. The molecule has 0 aliphatic rings. The Hall–Kier alpha value is -1.36. The molecule has 0 unspecified atom stereocenters. The standard InChI is InChI=1S/C15H19ClN2O2/c1-11-9-12(16)3-4-13(11)14-10-18-15(20-14)5-6-17-7-8-19-2/h3-4,9-10,17H,5-8H2,1-2H3. The molecule has 2 rings (SSSR count). The highest BCUT2D eigenvalue weighted by Gasteiger charge is 2.09. The molecule has 0 spiro atoms. The minimum atomic E-state index is 0.709. The number of benzene rings is 1. The van der Waals surface area contributed by atoms with Gasteiger partial charge in [-0.25, -0.2) is 4.98 Å². The van der Waals surface area contributed by atoms with E-state index in [1.165, 1.54) is 0 Å². The lowest BCUT2D eigenvalue weighted by Gasteiger charge is -2.03. The first-order valence-corrected chi connectivity index (χ1v) is 6.99. The summed E-state index contributed by atoms with van der Waals surface area (Å²) in [5.74, 6) is 1.52. The summed E-state index contributed by atoms with van der Waals surface area (Å²) in [4.78, 5) is 4.30. The number of nitrogens with zero attached hydrogens (tertiary/aromatic N) is 1. The molecule has 0 saturated carbocycles. The lowest BCUT2D eigenvalue weighted by molar-refractivity contribution is 0.199. The highest BCUT2D eigenvalue weighted by molar-refractivity contribution is 6.30. The summed E-state index contributed by atoms with van der Waals surface area (Å²) in [7, 11) is 1.69. The van der Waals surface area contributed by atoms with Crippen LogP contribution in [-0.4, -0.2) is 31.8 Å². The fourth-order valence-corrected chi connectivity index (χ4v) is 2.18. The van der Waals surface area contributed by atoms with E-state index in [0.717, 1.165) is 47.3 Å². The van der Waals surface area contributed by atoms with Crippen molar-refractivity contribution in [2.45, 2.75) is 13.3 Å². The Morgan fingerprint density at radius 3 is 2.95 bits per heavy atom. The minimum absolute atomic E-state index is 0.709. The summed E-state index contributed by atoms with van der Waals surface area (Å²) in [6, 6.07) is 5.74. The maximum Gasteiger partial charge on any atom is 0.196 e. The fraction of sp³-hybridized carbons (Fsp3) is 0.400. The number of rotatable bonds is 7. The van der Waals surface area contributed by atoms with Crippen LogP contribution in [0.15, 0.2) is 28.8 Å². The first kappa shape index (κ1) is 15.0. The molecule has 0 saturated heterocycles. The zero-order valence-corrected chi connectivity index (χ0v) is 12.5. The third-order valence-corrected chi connectivity index (χ3v) is 3.24. The highest BCUT2D eigenvalue weighted by Crippen LogP contribution is 2.26. The van der Waals surface area contributed by atoms with Crippen molar-refractivity contribution in [3.63, 3.8) is 0 Å². The van der Waals surface area contributed by atoms with Crippen molar-refractivity contribution in [3.8, 4) is 11.3 Å². The van der Waals surface area contributed by atoms with E-state index in [0.29, 0.717) is 6.61 Å². The average Bonchev–Trinajstić information content (AvgIpc) is 2.87. The second-order valence-corrected chi connectivity index (χ2v) is 5.01. The van der Waals surface area contributed by atoms with E-state index in [-0.39, 0.29) is 0 Å². The Labute approximate surface area is 124 Å². The van der Waals surface area contributed by atoms with Crippen LogP contribution < -0.4 is 5.32 Å². The van der Waals surface area contributed by atoms with E-state index in [4.69, 9.17) is 20.8 Å². The first-order chi connectivity index (χ1) is 9.70. The summed E-state index contributed by atoms with van der Waals surface area (Å²) < 4.78 is 10.7. The third-order valence-electron chi connectivity index (χ3n) is 3.01. The Morgan fingerprint density at radius 2 is 2.20 bits per heavy atom. The topological polar surface area (TPSA) is 47.3 Å². The van der Waals surface area contributed by atoms with Gasteiger partial charge in [-0.3, -0.25) is 0 Å². The zero-order valence-electron chi connectivity index (χ0n) is 11.8. The highest BCUT2D eigenvalue weighted by atomic mass is 35.5. The average molecular weight is 295 g/mol. The SMILES string of the molecule is COCCNCCc1ncc(-c2ccc(Cl)cc2C)o1. The van der Waals surface area contributed by atoms with E-state index in [9.17, 15) is 0 Å². The largest absolute Gasteiger partial charge is 0.441 e. The number of aryl methyl sites for hydroxylation is 1. The summed E-state index contributed by atoms with van der Waals surface area (Å²) in [5, 5.41) is 3.99. The van der Waals surface area contributed by atoms with Crippen LogP contribution in [0.1, 0.15) is 11.5 Å². The fourth-order valence-electron chi connectivity index (χ4n) is 1.95. The van der Waals surface area contributed by atoms with E-state index in [2.05, 4.69) is 10.3 Å². The molecule has 0 fully saturated rings. The zero-order chi connectivity index (χ0) is 14.4. The lowest BCUT2D eigenvalue weighted by atomic mass is 10.1. The normalized spacial score (nSPS) is 10.9. The molecule has 5 heteroatoms. The molecular weight excluding hydrogens is 276 g/mol. The van der Waals surface area contributed by atoms with Crippen LogP contribution in [0.5, 0.6) is 0 Å². The van der Waals surface area contributed by atoms with Crippen LogP contribution in [0.4, 0.5) is 0 Å². The second-order valence-electron chi connectivity index (χ2n) is 4.57. The third kappa shape index (κ3) is 4.07. The Balaban J connectivity index is 1.95. The molecule has 0 aliphatic heterocycles. The van der Waals surface area contributed by atoms with Crippen LogP contribution >= 0.6 is 11.6 Å². The van der Waals surface area contributed by atoms with Gasteiger partial charge in [0.2, 0.25) is 0 Å². The van der Waals surface area contributed by atoms with E-state index in [1.807, 2.05) is 25.1 Å². The monoisotopic (exact) mass is 294 g/mol. The summed E-state index contributed by atoms with van der Waals surface area (Å²) in [6.07, 6.45) is 2.52. The van der Waals surface area contributed by atoms with E-state index in [1.54, 1.807) is 13.3 Å². The number of nitrogens with one attached hydrogen (secondary N) is 1. The predicted octanol–water partition coefficient (Wildman–Crippen LogP) is 3.08. The molecular formula is C15H19ClN2O2. The number of hydrogen-bond donors (Lipinski definition) is 1. The quantitative estimate of drug-likeness (QED) is 0.797. The molecule has 1 heterocycles. The molecule has 0 atom stereocenters. The van der Waals surface area contributed by atoms with Gasteiger partial charge in [-0.1, -0.05) is 11.6 Å². The second kappa shape index (κ2) is 7.43. The number of hydrogen-bond acceptors (Lipinski definition) is 4. The van der Waals surface area contributed by atoms with Crippen LogP contribution in [0.3, 0.4) is 0 Å². The maximum absolute atomic E-state index is 5.96. The van der Waals surface area contributed by atoms with Gasteiger partial charge in [0.1, 0.15) is 0 Å². The van der Waals surface area contributed by atoms with Crippen molar-refractivity contribution < 1.29 is 9.15 Å². The molecule has 1 N–H and O–H groups in total. The minimum Gasteiger partial charge on any atom is -0.441 e. The summed E-state index contributed by atoms with van der Waals surface area (Å²) >= 11 is 5.96. The van der Waals surface area contributed by atoms with Crippen LogP contribution in [0, 0.1) is 6.92 Å².